The molecule has 1 aromatic carbocycles. The van der Waals surface area contributed by atoms with Gasteiger partial charge in [-0.2, -0.15) is 0 Å². The number of benzene rings is 1. The molecule has 1 aromatic heterocycles. The Balaban J connectivity index is 2.38. The standard InChI is InChI=1S/C19H22BrNO5/c1-19(2,14(23)10-22)18(24)15-17(25-3)16(13(20)9-21-15)26-11-12-7-5-4-6-8-12/h4-9,14,22-23H,10-11H2,1-3H3. The summed E-state index contributed by atoms with van der Waals surface area (Å²) < 4.78 is 11.8. The summed E-state index contributed by atoms with van der Waals surface area (Å²) in [4.78, 5) is 17.1. The molecular formula is C19H22BrNO5. The maximum Gasteiger partial charge on any atom is 0.193 e. The summed E-state index contributed by atoms with van der Waals surface area (Å²) in [5, 5.41) is 19.2. The number of methoxy groups -OCH3 is 1. The Morgan fingerprint density at radius 2 is 1.92 bits per heavy atom. The van der Waals surface area contributed by atoms with E-state index in [1.54, 1.807) is 13.8 Å². The molecule has 0 aliphatic carbocycles. The molecule has 7 heteroatoms. The van der Waals surface area contributed by atoms with E-state index in [0.717, 1.165) is 5.56 Å². The lowest BCUT2D eigenvalue weighted by molar-refractivity contribution is 0.00853. The number of aromatic nitrogens is 1. The van der Waals surface area contributed by atoms with E-state index in [2.05, 4.69) is 20.9 Å². The molecule has 0 saturated heterocycles. The number of ether oxygens (including phenoxy) is 2. The Morgan fingerprint density at radius 1 is 1.27 bits per heavy atom. The van der Waals surface area contributed by atoms with Gasteiger partial charge in [-0.05, 0) is 35.3 Å². The number of aliphatic hydroxyl groups excluding tert-OH is 2. The van der Waals surface area contributed by atoms with Crippen molar-refractivity contribution in [3.8, 4) is 11.5 Å². The summed E-state index contributed by atoms with van der Waals surface area (Å²) >= 11 is 3.37. The summed E-state index contributed by atoms with van der Waals surface area (Å²) in [6.45, 7) is 2.85. The summed E-state index contributed by atoms with van der Waals surface area (Å²) in [5.41, 5.74) is -0.238. The molecule has 0 radical (unpaired) electrons. The minimum absolute atomic E-state index is 0.0382. The molecule has 6 nitrogen and oxygen atoms in total. The Labute approximate surface area is 160 Å². The van der Waals surface area contributed by atoms with E-state index < -0.39 is 23.9 Å². The number of carbonyl (C=O) groups excluding carboxylic acids is 1. The maximum atomic E-state index is 12.9. The predicted molar refractivity (Wildman–Crippen MR) is 100 cm³/mol. The van der Waals surface area contributed by atoms with Crippen molar-refractivity contribution in [2.45, 2.75) is 26.6 Å². The minimum Gasteiger partial charge on any atom is -0.491 e. The van der Waals surface area contributed by atoms with Crippen molar-refractivity contribution >= 4 is 21.7 Å². The molecular weight excluding hydrogens is 402 g/mol. The highest BCUT2D eigenvalue weighted by molar-refractivity contribution is 9.10. The fourth-order valence-corrected chi connectivity index (χ4v) is 2.75. The molecule has 1 atom stereocenters. The van der Waals surface area contributed by atoms with Gasteiger partial charge in [0.25, 0.3) is 0 Å². The van der Waals surface area contributed by atoms with Crippen molar-refractivity contribution in [2.75, 3.05) is 13.7 Å². The van der Waals surface area contributed by atoms with Gasteiger partial charge < -0.3 is 19.7 Å². The van der Waals surface area contributed by atoms with Crippen LogP contribution in [0.2, 0.25) is 0 Å². The summed E-state index contributed by atoms with van der Waals surface area (Å²) in [6, 6.07) is 9.58. The lowest BCUT2D eigenvalue weighted by Gasteiger charge is -2.28. The van der Waals surface area contributed by atoms with Crippen LogP contribution in [0.4, 0.5) is 0 Å². The molecule has 140 valence electrons. The number of aliphatic hydroxyl groups is 2. The van der Waals surface area contributed by atoms with E-state index in [1.807, 2.05) is 30.3 Å². The van der Waals surface area contributed by atoms with Gasteiger partial charge in [-0.15, -0.1) is 0 Å². The Bertz CT molecular complexity index is 764. The van der Waals surface area contributed by atoms with Gasteiger partial charge in [0.05, 0.1) is 29.7 Å². The SMILES string of the molecule is COc1c(C(=O)C(C)(C)C(O)CO)ncc(Br)c1OCc1ccccc1. The van der Waals surface area contributed by atoms with Gasteiger partial charge in [-0.3, -0.25) is 4.79 Å². The molecule has 0 spiro atoms. The highest BCUT2D eigenvalue weighted by Gasteiger charge is 2.39. The fraction of sp³-hybridized carbons (Fsp3) is 0.368. The average Bonchev–Trinajstić information content (AvgIpc) is 2.66. The van der Waals surface area contributed by atoms with Crippen LogP contribution in [0.15, 0.2) is 41.0 Å². The van der Waals surface area contributed by atoms with Crippen LogP contribution in [0, 0.1) is 5.41 Å². The van der Waals surface area contributed by atoms with E-state index in [-0.39, 0.29) is 18.1 Å². The maximum absolute atomic E-state index is 12.9. The topological polar surface area (TPSA) is 88.9 Å². The zero-order chi connectivity index (χ0) is 19.3. The highest BCUT2D eigenvalue weighted by Crippen LogP contribution is 2.40. The van der Waals surface area contributed by atoms with Crippen molar-refractivity contribution < 1.29 is 24.5 Å². The number of nitrogens with zero attached hydrogens (tertiary/aromatic N) is 1. The highest BCUT2D eigenvalue weighted by atomic mass is 79.9. The van der Waals surface area contributed by atoms with Crippen molar-refractivity contribution in [1.82, 2.24) is 4.98 Å². The molecule has 1 heterocycles. The monoisotopic (exact) mass is 423 g/mol. The van der Waals surface area contributed by atoms with Crippen molar-refractivity contribution in [3.63, 3.8) is 0 Å². The van der Waals surface area contributed by atoms with Crippen LogP contribution in [0.25, 0.3) is 0 Å². The molecule has 2 aromatic rings. The van der Waals surface area contributed by atoms with E-state index >= 15 is 0 Å². The first-order valence-corrected chi connectivity index (χ1v) is 8.85. The van der Waals surface area contributed by atoms with Crippen LogP contribution in [0.1, 0.15) is 29.9 Å². The third-order valence-corrected chi connectivity index (χ3v) is 4.75. The van der Waals surface area contributed by atoms with Gasteiger partial charge in [0.1, 0.15) is 6.61 Å². The van der Waals surface area contributed by atoms with Gasteiger partial charge >= 0.3 is 0 Å². The van der Waals surface area contributed by atoms with Crippen LogP contribution in [0.3, 0.4) is 0 Å². The lowest BCUT2D eigenvalue weighted by atomic mass is 9.80. The van der Waals surface area contributed by atoms with Crippen molar-refractivity contribution in [1.29, 1.82) is 0 Å². The van der Waals surface area contributed by atoms with Crippen LogP contribution in [-0.4, -0.2) is 40.8 Å². The summed E-state index contributed by atoms with van der Waals surface area (Å²) in [7, 11) is 1.42. The Morgan fingerprint density at radius 3 is 2.50 bits per heavy atom. The van der Waals surface area contributed by atoms with Gasteiger partial charge in [0, 0.05) is 6.20 Å². The molecule has 0 saturated carbocycles. The van der Waals surface area contributed by atoms with Crippen molar-refractivity contribution in [2.24, 2.45) is 5.41 Å². The number of rotatable bonds is 8. The predicted octanol–water partition coefficient (Wildman–Crippen LogP) is 2.99. The molecule has 2 N–H and O–H groups in total. The smallest absolute Gasteiger partial charge is 0.193 e. The first-order valence-electron chi connectivity index (χ1n) is 8.05. The number of ketones is 1. The van der Waals surface area contributed by atoms with Gasteiger partial charge in [-0.25, -0.2) is 4.98 Å². The number of hydrogen-bond donors (Lipinski definition) is 2. The Kier molecular flexibility index (Phi) is 6.75. The number of Topliss-reactive ketones (excluding diaryl/α,β-unsaturated/α-hetero) is 1. The van der Waals surface area contributed by atoms with E-state index in [4.69, 9.17) is 9.47 Å². The zero-order valence-electron chi connectivity index (χ0n) is 14.9. The van der Waals surface area contributed by atoms with E-state index in [0.29, 0.717) is 10.2 Å². The molecule has 2 rings (SSSR count). The number of pyridine rings is 1. The third kappa shape index (κ3) is 4.23. The number of halogens is 1. The fourth-order valence-electron chi connectivity index (χ4n) is 2.35. The van der Waals surface area contributed by atoms with Crippen LogP contribution in [-0.2, 0) is 6.61 Å². The summed E-state index contributed by atoms with van der Waals surface area (Å²) in [5.74, 6) is 0.0791. The van der Waals surface area contributed by atoms with Crippen LogP contribution in [0.5, 0.6) is 11.5 Å². The van der Waals surface area contributed by atoms with Crippen LogP contribution < -0.4 is 9.47 Å². The first kappa shape index (κ1) is 20.4. The quantitative estimate of drug-likeness (QED) is 0.634. The molecule has 0 aliphatic rings. The second kappa shape index (κ2) is 8.62. The van der Waals surface area contributed by atoms with Crippen molar-refractivity contribution in [3.05, 3.63) is 52.3 Å². The third-order valence-electron chi connectivity index (χ3n) is 4.18. The van der Waals surface area contributed by atoms with E-state index in [1.165, 1.54) is 13.3 Å². The Hall–Kier alpha value is -1.96. The molecule has 0 bridgehead atoms. The largest absolute Gasteiger partial charge is 0.491 e. The molecule has 26 heavy (non-hydrogen) atoms. The second-order valence-corrected chi connectivity index (χ2v) is 7.19. The second-order valence-electron chi connectivity index (χ2n) is 6.34. The molecule has 0 fully saturated rings. The average molecular weight is 424 g/mol. The van der Waals surface area contributed by atoms with Crippen LogP contribution >= 0.6 is 15.9 Å². The molecule has 0 amide bonds. The zero-order valence-corrected chi connectivity index (χ0v) is 16.5. The van der Waals surface area contributed by atoms with Gasteiger partial charge in [-0.1, -0.05) is 30.3 Å². The summed E-state index contributed by atoms with van der Waals surface area (Å²) in [6.07, 6.45) is 0.233. The first-order chi connectivity index (χ1) is 12.3. The number of hydrogen-bond acceptors (Lipinski definition) is 6. The van der Waals surface area contributed by atoms with Gasteiger partial charge in [0.15, 0.2) is 23.0 Å². The lowest BCUT2D eigenvalue weighted by Crippen LogP contribution is -2.40. The normalized spacial score (nSPS) is 12.5. The minimum atomic E-state index is -1.24. The number of carbonyl (C=O) groups is 1. The molecule has 0 aliphatic heterocycles. The van der Waals surface area contributed by atoms with E-state index in [9.17, 15) is 15.0 Å². The van der Waals surface area contributed by atoms with Gasteiger partial charge in [0.2, 0.25) is 0 Å². The molecule has 1 unspecified atom stereocenters.